The summed E-state index contributed by atoms with van der Waals surface area (Å²) < 4.78 is 24.1. The second-order valence-corrected chi connectivity index (χ2v) is 9.78. The molecule has 25 heavy (non-hydrogen) atoms. The maximum Gasteiger partial charge on any atom is 0.164 e. The molecule has 1 fully saturated rings. The molecule has 4 rings (SSSR count). The Kier molecular flexibility index (Phi) is 4.52. The first-order chi connectivity index (χ1) is 12.0. The van der Waals surface area contributed by atoms with Crippen LogP contribution in [0.2, 0.25) is 5.02 Å². The van der Waals surface area contributed by atoms with Crippen molar-refractivity contribution in [3.63, 3.8) is 0 Å². The van der Waals surface area contributed by atoms with Crippen LogP contribution >= 0.6 is 23.4 Å². The number of amidine groups is 1. The Balaban J connectivity index is 1.63. The summed E-state index contributed by atoms with van der Waals surface area (Å²) in [6, 6.07) is 17.4. The summed E-state index contributed by atoms with van der Waals surface area (Å²) in [5.74, 6) is 1.07. The molecule has 0 radical (unpaired) electrons. The van der Waals surface area contributed by atoms with Gasteiger partial charge in [0.25, 0.3) is 0 Å². The molecule has 0 unspecified atom stereocenters. The minimum absolute atomic E-state index is 0.129. The number of halogens is 1. The summed E-state index contributed by atoms with van der Waals surface area (Å²) in [4.78, 5) is 6.78. The van der Waals surface area contributed by atoms with E-state index < -0.39 is 9.84 Å². The van der Waals surface area contributed by atoms with E-state index in [1.807, 2.05) is 42.5 Å². The van der Waals surface area contributed by atoms with Crippen LogP contribution in [0.15, 0.2) is 59.6 Å². The van der Waals surface area contributed by atoms with Gasteiger partial charge in [0.05, 0.1) is 23.6 Å². The molecule has 2 aromatic rings. The van der Waals surface area contributed by atoms with Crippen LogP contribution in [0, 0.1) is 0 Å². The molecule has 2 heterocycles. The van der Waals surface area contributed by atoms with E-state index in [1.54, 1.807) is 11.8 Å². The van der Waals surface area contributed by atoms with Gasteiger partial charge in [-0.3, -0.25) is 4.99 Å². The summed E-state index contributed by atoms with van der Waals surface area (Å²) in [6.45, 7) is 0. The molecule has 0 bridgehead atoms. The Morgan fingerprint density at radius 1 is 1.12 bits per heavy atom. The van der Waals surface area contributed by atoms with Gasteiger partial charge in [0.15, 0.2) is 15.0 Å². The fourth-order valence-corrected chi connectivity index (χ4v) is 6.39. The lowest BCUT2D eigenvalue weighted by molar-refractivity contribution is 0.601. The minimum Gasteiger partial charge on any atom is -0.315 e. The van der Waals surface area contributed by atoms with E-state index >= 15 is 0 Å². The maximum absolute atomic E-state index is 12.0. The van der Waals surface area contributed by atoms with Gasteiger partial charge in [-0.15, -0.1) is 0 Å². The summed E-state index contributed by atoms with van der Waals surface area (Å²) in [7, 11) is -3.04. The molecule has 2 atom stereocenters. The summed E-state index contributed by atoms with van der Waals surface area (Å²) >= 11 is 7.79. The normalized spacial score (nSPS) is 24.2. The van der Waals surface area contributed by atoms with E-state index in [0.29, 0.717) is 5.02 Å². The predicted molar refractivity (Wildman–Crippen MR) is 105 cm³/mol. The topological polar surface area (TPSA) is 49.7 Å². The lowest BCUT2D eigenvalue weighted by Gasteiger charge is -2.26. The van der Waals surface area contributed by atoms with Crippen molar-refractivity contribution in [1.82, 2.24) is 0 Å². The first-order valence-corrected chi connectivity index (χ1v) is 11.2. The van der Waals surface area contributed by atoms with Gasteiger partial charge in [-0.25, -0.2) is 8.42 Å². The average molecular weight is 393 g/mol. The van der Waals surface area contributed by atoms with Crippen LogP contribution in [0.5, 0.6) is 0 Å². The number of sulfone groups is 1. The fraction of sp³-hybridized carbons (Fsp3) is 0.278. The van der Waals surface area contributed by atoms with Crippen LogP contribution in [0.25, 0.3) is 0 Å². The molecule has 2 aliphatic heterocycles. The number of hydrogen-bond acceptors (Lipinski definition) is 5. The Hall–Kier alpha value is -1.50. The third kappa shape index (κ3) is 3.57. The average Bonchev–Trinajstić information content (AvgIpc) is 3.05. The summed E-state index contributed by atoms with van der Waals surface area (Å²) in [6.07, 6.45) is 0. The third-order valence-electron chi connectivity index (χ3n) is 4.40. The minimum atomic E-state index is -3.04. The molecule has 0 aliphatic carbocycles. The largest absolute Gasteiger partial charge is 0.315 e. The van der Waals surface area contributed by atoms with Crippen LogP contribution in [0.4, 0.5) is 5.69 Å². The number of aliphatic imine (C=N–C) groups is 1. The molecule has 0 amide bonds. The molecule has 0 N–H and O–H groups in total. The van der Waals surface area contributed by atoms with Gasteiger partial charge in [0, 0.05) is 16.5 Å². The highest BCUT2D eigenvalue weighted by Gasteiger charge is 2.47. The first kappa shape index (κ1) is 16.9. The van der Waals surface area contributed by atoms with Crippen molar-refractivity contribution in [2.24, 2.45) is 4.99 Å². The molecule has 130 valence electrons. The van der Waals surface area contributed by atoms with Crippen LogP contribution in [-0.2, 0) is 15.6 Å². The van der Waals surface area contributed by atoms with E-state index in [0.717, 1.165) is 16.6 Å². The van der Waals surface area contributed by atoms with Gasteiger partial charge in [0.2, 0.25) is 0 Å². The molecule has 4 nitrogen and oxygen atoms in total. The summed E-state index contributed by atoms with van der Waals surface area (Å²) in [5.41, 5.74) is 2.11. The number of fused-ring (bicyclic) bond motifs is 1. The highest BCUT2D eigenvalue weighted by molar-refractivity contribution is 8.13. The van der Waals surface area contributed by atoms with E-state index in [4.69, 9.17) is 16.6 Å². The maximum atomic E-state index is 12.0. The second kappa shape index (κ2) is 6.67. The number of benzene rings is 2. The van der Waals surface area contributed by atoms with Crippen LogP contribution in [0.1, 0.15) is 5.56 Å². The van der Waals surface area contributed by atoms with Crippen molar-refractivity contribution < 1.29 is 8.42 Å². The van der Waals surface area contributed by atoms with E-state index in [2.05, 4.69) is 17.0 Å². The smallest absolute Gasteiger partial charge is 0.164 e. The van der Waals surface area contributed by atoms with Crippen molar-refractivity contribution in [1.29, 1.82) is 0 Å². The lowest BCUT2D eigenvalue weighted by Crippen LogP contribution is -2.39. The van der Waals surface area contributed by atoms with Crippen LogP contribution in [-0.4, -0.2) is 37.2 Å². The van der Waals surface area contributed by atoms with Crippen molar-refractivity contribution in [2.75, 3.05) is 16.4 Å². The van der Waals surface area contributed by atoms with Crippen molar-refractivity contribution >= 4 is 44.1 Å². The first-order valence-electron chi connectivity index (χ1n) is 8.02. The fourth-order valence-electron chi connectivity index (χ4n) is 3.28. The Morgan fingerprint density at radius 3 is 2.68 bits per heavy atom. The third-order valence-corrected chi connectivity index (χ3v) is 7.38. The Bertz CT molecular complexity index is 916. The molecular formula is C18H17ClN2O2S2. The van der Waals surface area contributed by atoms with Gasteiger partial charge in [-0.2, -0.15) is 0 Å². The number of anilines is 1. The molecule has 0 aromatic heterocycles. The van der Waals surface area contributed by atoms with Crippen molar-refractivity contribution in [3.8, 4) is 0 Å². The molecular weight excluding hydrogens is 376 g/mol. The predicted octanol–water partition coefficient (Wildman–Crippen LogP) is 3.62. The van der Waals surface area contributed by atoms with Gasteiger partial charge in [-0.1, -0.05) is 59.8 Å². The quantitative estimate of drug-likeness (QED) is 0.800. The number of nitrogens with zero attached hydrogens (tertiary/aromatic N) is 2. The summed E-state index contributed by atoms with van der Waals surface area (Å²) in [5, 5.41) is 1.50. The highest BCUT2D eigenvalue weighted by Crippen LogP contribution is 2.36. The second-order valence-electron chi connectivity index (χ2n) is 6.25. The standard InChI is InChI=1S/C18H17ClN2O2S2/c19-14-7-4-8-15(9-14)21-17-12-25(22,23)11-16(17)20-18(21)24-10-13-5-2-1-3-6-13/h1-9,16-17H,10-12H2/t16-,17+/m0/s1. The monoisotopic (exact) mass is 392 g/mol. The van der Waals surface area contributed by atoms with Gasteiger partial charge in [-0.05, 0) is 23.8 Å². The van der Waals surface area contributed by atoms with Gasteiger partial charge >= 0.3 is 0 Å². The Morgan fingerprint density at radius 2 is 1.92 bits per heavy atom. The van der Waals surface area contributed by atoms with Crippen molar-refractivity contribution in [2.45, 2.75) is 17.8 Å². The van der Waals surface area contributed by atoms with E-state index in [9.17, 15) is 8.42 Å². The van der Waals surface area contributed by atoms with Crippen LogP contribution < -0.4 is 4.90 Å². The molecule has 0 saturated carbocycles. The van der Waals surface area contributed by atoms with Crippen molar-refractivity contribution in [3.05, 3.63) is 65.2 Å². The van der Waals surface area contributed by atoms with E-state index in [-0.39, 0.29) is 23.6 Å². The Labute approximate surface area is 156 Å². The van der Waals surface area contributed by atoms with E-state index in [1.165, 1.54) is 5.56 Å². The van der Waals surface area contributed by atoms with Gasteiger partial charge in [0.1, 0.15) is 0 Å². The molecule has 7 heteroatoms. The van der Waals surface area contributed by atoms with Gasteiger partial charge < -0.3 is 4.90 Å². The molecule has 2 aliphatic rings. The SMILES string of the molecule is O=S1(=O)C[C@@H]2N=C(SCc3ccccc3)N(c3cccc(Cl)c3)[C@@H]2C1. The number of hydrogen-bond donors (Lipinski definition) is 0. The number of rotatable bonds is 3. The lowest BCUT2D eigenvalue weighted by atomic mass is 10.1. The molecule has 2 aromatic carbocycles. The molecule has 1 saturated heterocycles. The zero-order valence-electron chi connectivity index (χ0n) is 13.4. The molecule has 0 spiro atoms. The van der Waals surface area contributed by atoms with Crippen LogP contribution in [0.3, 0.4) is 0 Å². The number of thioether (sulfide) groups is 1. The zero-order chi connectivity index (χ0) is 17.4. The zero-order valence-corrected chi connectivity index (χ0v) is 15.8. The highest BCUT2D eigenvalue weighted by atomic mass is 35.5.